The van der Waals surface area contributed by atoms with Gasteiger partial charge in [0.2, 0.25) is 0 Å². The van der Waals surface area contributed by atoms with E-state index < -0.39 is 25.7 Å². The molecule has 0 aromatic carbocycles. The van der Waals surface area contributed by atoms with Crippen LogP contribution in [-0.2, 0) is 17.1 Å². The Labute approximate surface area is 228 Å². The third-order valence-electron chi connectivity index (χ3n) is 7.73. The van der Waals surface area contributed by atoms with Crippen LogP contribution in [0.5, 0.6) is 0 Å². The highest BCUT2D eigenvalue weighted by molar-refractivity contribution is 6.85. The molecule has 0 aliphatic rings. The van der Waals surface area contributed by atoms with Gasteiger partial charge in [0.1, 0.15) is 0 Å². The summed E-state index contributed by atoms with van der Waals surface area (Å²) in [5, 5.41) is 0. The van der Waals surface area contributed by atoms with E-state index in [0.717, 1.165) is 96.3 Å². The maximum absolute atomic E-state index is 7.08. The first-order chi connectivity index (χ1) is 17.0. The van der Waals surface area contributed by atoms with Gasteiger partial charge in [-0.2, -0.15) is 0 Å². The molecule has 0 aromatic rings. The summed E-state index contributed by atoms with van der Waals surface area (Å²) in [5.74, 6) is 0. The summed E-state index contributed by atoms with van der Waals surface area (Å²) >= 11 is 0. The first-order valence-electron chi connectivity index (χ1n) is 14.7. The predicted molar refractivity (Wildman–Crippen MR) is 163 cm³/mol. The van der Waals surface area contributed by atoms with Crippen LogP contribution in [0.25, 0.3) is 0 Å². The van der Waals surface area contributed by atoms with Crippen LogP contribution in [0, 0.1) is 0 Å². The molecule has 0 aromatic heterocycles. The summed E-state index contributed by atoms with van der Waals surface area (Å²) in [6.07, 6.45) is 3.29. The molecule has 0 fully saturated rings. The Kier molecular flexibility index (Phi) is 19.6. The second-order valence-corrected chi connectivity index (χ2v) is 21.2. The molecule has 0 aliphatic heterocycles. The zero-order valence-corrected chi connectivity index (χ0v) is 29.1. The van der Waals surface area contributed by atoms with E-state index in [1.54, 1.807) is 0 Å². The third-order valence-corrected chi connectivity index (χ3v) is 20.1. The molecule has 218 valence electrons. The Morgan fingerprint density at radius 2 is 0.694 bits per heavy atom. The second-order valence-electron chi connectivity index (χ2n) is 10.4. The van der Waals surface area contributed by atoms with Gasteiger partial charge in [-0.15, -0.1) is 0 Å². The van der Waals surface area contributed by atoms with Gasteiger partial charge in [-0.05, 0) is 116 Å². The van der Waals surface area contributed by atoms with E-state index in [9.17, 15) is 0 Å². The van der Waals surface area contributed by atoms with Crippen LogP contribution >= 0.6 is 0 Å². The van der Waals surface area contributed by atoms with E-state index in [1.807, 2.05) is 14.2 Å². The minimum atomic E-state index is -2.52. The fourth-order valence-electron chi connectivity index (χ4n) is 4.92. The van der Waals surface area contributed by atoms with E-state index >= 15 is 0 Å². The van der Waals surface area contributed by atoms with Crippen LogP contribution in [0.4, 0.5) is 0 Å². The highest BCUT2D eigenvalue weighted by Gasteiger charge is 2.47. The Bertz CT molecular complexity index is 507. The first-order valence-corrected chi connectivity index (χ1v) is 22.3. The third kappa shape index (κ3) is 14.5. The Morgan fingerprint density at radius 1 is 0.444 bits per heavy atom. The van der Waals surface area contributed by atoms with Crippen molar-refractivity contribution >= 4 is 25.7 Å². The van der Waals surface area contributed by atoms with Crippen LogP contribution in [-0.4, -0.2) is 114 Å². The number of nitrogens with zero attached hydrogens (tertiary/aromatic N) is 3. The monoisotopic (exact) mass is 565 g/mol. The van der Waals surface area contributed by atoms with Crippen molar-refractivity contribution < 1.29 is 17.1 Å². The quantitative estimate of drug-likeness (QED) is 0.139. The summed E-state index contributed by atoms with van der Waals surface area (Å²) in [6, 6.07) is 2.97. The van der Waals surface area contributed by atoms with Crippen molar-refractivity contribution in [3.05, 3.63) is 0 Å². The predicted octanol–water partition coefficient (Wildman–Crippen LogP) is 5.72. The van der Waals surface area contributed by atoms with Gasteiger partial charge in [-0.3, -0.25) is 0 Å². The molecule has 0 N–H and O–H groups in total. The molecule has 0 heterocycles. The summed E-state index contributed by atoms with van der Waals surface area (Å²) in [4.78, 5) is 7.45. The fraction of sp³-hybridized carbons (Fsp3) is 1.00. The van der Waals surface area contributed by atoms with Crippen molar-refractivity contribution in [3.8, 4) is 0 Å². The van der Waals surface area contributed by atoms with Crippen LogP contribution in [0.3, 0.4) is 0 Å². The largest absolute Gasteiger partial charge is 0.415 e. The van der Waals surface area contributed by atoms with Crippen LogP contribution in [0.15, 0.2) is 0 Å². The van der Waals surface area contributed by atoms with Crippen LogP contribution in [0.2, 0.25) is 37.8 Å². The molecule has 0 amide bonds. The SMILES string of the molecule is CCN(CC)CCC[Si](C)(OC)O[Si](C)(CCCN(CC)CC)O[Si](C)(CCCN(CC)CC)OC. The van der Waals surface area contributed by atoms with Crippen molar-refractivity contribution in [1.29, 1.82) is 0 Å². The highest BCUT2D eigenvalue weighted by atomic mass is 28.5. The summed E-state index contributed by atoms with van der Waals surface area (Å²) < 4.78 is 26.5. The molecule has 0 saturated carbocycles. The Hall–Kier alpha value is 0.371. The molecule has 0 saturated heterocycles. The standard InChI is InChI=1S/C26H63N3O4Si3/c1-12-27(13-2)21-18-24-34(9,30-7)32-36(11,26-20-23-29(16-5)17-6)33-35(10,31-8)25-19-22-28(14-3)15-4/h12-26H2,1-11H3. The molecule has 0 bridgehead atoms. The maximum atomic E-state index is 7.08. The minimum absolute atomic E-state index is 0.980. The summed E-state index contributed by atoms with van der Waals surface area (Å²) in [5.41, 5.74) is 0. The molecular weight excluding hydrogens is 503 g/mol. The lowest BCUT2D eigenvalue weighted by Crippen LogP contribution is -2.57. The maximum Gasteiger partial charge on any atom is 0.325 e. The fourth-order valence-corrected chi connectivity index (χ4v) is 17.9. The lowest BCUT2D eigenvalue weighted by molar-refractivity contribution is 0.226. The molecule has 0 rings (SSSR count). The minimum Gasteiger partial charge on any atom is -0.415 e. The topological polar surface area (TPSA) is 46.6 Å². The molecular formula is C26H63N3O4Si3. The zero-order valence-electron chi connectivity index (χ0n) is 26.1. The molecule has 0 spiro atoms. The smallest absolute Gasteiger partial charge is 0.325 e. The van der Waals surface area contributed by atoms with Gasteiger partial charge >= 0.3 is 25.7 Å². The molecule has 2 atom stereocenters. The molecule has 7 nitrogen and oxygen atoms in total. The van der Waals surface area contributed by atoms with Gasteiger partial charge in [0.25, 0.3) is 0 Å². The summed E-state index contributed by atoms with van der Waals surface area (Å²) in [7, 11) is -3.57. The first kappa shape index (κ1) is 36.4. The van der Waals surface area contributed by atoms with Crippen molar-refractivity contribution in [3.63, 3.8) is 0 Å². The average molecular weight is 566 g/mol. The van der Waals surface area contributed by atoms with Crippen LogP contribution < -0.4 is 0 Å². The van der Waals surface area contributed by atoms with Crippen molar-refractivity contribution in [1.82, 2.24) is 14.7 Å². The van der Waals surface area contributed by atoms with Crippen molar-refractivity contribution in [2.45, 2.75) is 98.6 Å². The van der Waals surface area contributed by atoms with E-state index in [2.05, 4.69) is 75.9 Å². The van der Waals surface area contributed by atoms with Gasteiger partial charge in [0.05, 0.1) is 0 Å². The normalized spacial score (nSPS) is 17.5. The average Bonchev–Trinajstić information content (AvgIpc) is 2.87. The lowest BCUT2D eigenvalue weighted by Gasteiger charge is -2.41. The van der Waals surface area contributed by atoms with Gasteiger partial charge in [-0.25, -0.2) is 0 Å². The highest BCUT2D eigenvalue weighted by Crippen LogP contribution is 2.30. The van der Waals surface area contributed by atoms with E-state index in [4.69, 9.17) is 17.1 Å². The van der Waals surface area contributed by atoms with Crippen LogP contribution in [0.1, 0.15) is 60.8 Å². The van der Waals surface area contributed by atoms with Crippen molar-refractivity contribution in [2.24, 2.45) is 0 Å². The Balaban J connectivity index is 5.53. The summed E-state index contributed by atoms with van der Waals surface area (Å²) in [6.45, 7) is 30.0. The number of hydrogen-bond acceptors (Lipinski definition) is 7. The van der Waals surface area contributed by atoms with Gasteiger partial charge in [0.15, 0.2) is 0 Å². The van der Waals surface area contributed by atoms with Gasteiger partial charge < -0.3 is 31.8 Å². The zero-order chi connectivity index (χ0) is 27.7. The molecule has 10 heteroatoms. The number of hydrogen-bond donors (Lipinski definition) is 0. The number of rotatable bonds is 24. The molecule has 0 aliphatic carbocycles. The van der Waals surface area contributed by atoms with E-state index in [0.29, 0.717) is 0 Å². The second kappa shape index (κ2) is 19.4. The lowest BCUT2D eigenvalue weighted by atomic mass is 10.4. The Morgan fingerprint density at radius 3 is 0.917 bits per heavy atom. The van der Waals surface area contributed by atoms with E-state index in [1.165, 1.54) is 0 Å². The van der Waals surface area contributed by atoms with Gasteiger partial charge in [-0.1, -0.05) is 41.5 Å². The molecule has 0 radical (unpaired) electrons. The van der Waals surface area contributed by atoms with Crippen molar-refractivity contribution in [2.75, 3.05) is 73.1 Å². The molecule has 2 unspecified atom stereocenters. The molecule has 36 heavy (non-hydrogen) atoms. The van der Waals surface area contributed by atoms with E-state index in [-0.39, 0.29) is 0 Å². The van der Waals surface area contributed by atoms with Gasteiger partial charge in [0, 0.05) is 14.2 Å².